The van der Waals surface area contributed by atoms with Crippen molar-refractivity contribution in [1.82, 2.24) is 5.32 Å². The van der Waals surface area contributed by atoms with Gasteiger partial charge in [-0.3, -0.25) is 4.79 Å². The molecule has 0 saturated heterocycles. The van der Waals surface area contributed by atoms with E-state index >= 15 is 0 Å². The molecule has 1 aliphatic carbocycles. The van der Waals surface area contributed by atoms with Gasteiger partial charge >= 0.3 is 5.97 Å². The molecule has 5 heteroatoms. The van der Waals surface area contributed by atoms with Crippen LogP contribution in [0, 0.1) is 0 Å². The second kappa shape index (κ2) is 4.82. The zero-order chi connectivity index (χ0) is 12.3. The second-order valence-electron chi connectivity index (χ2n) is 5.15. The van der Waals surface area contributed by atoms with Crippen LogP contribution in [0.3, 0.4) is 0 Å². The number of carbonyl (C=O) groups excluding carboxylic acids is 2. The third-order valence-corrected chi connectivity index (χ3v) is 2.39. The molecule has 0 radical (unpaired) electrons. The zero-order valence-electron chi connectivity index (χ0n) is 10.1. The largest absolute Gasteiger partial charge is 0.458 e. The number of hydrogen-bond acceptors (Lipinski definition) is 4. The van der Waals surface area contributed by atoms with E-state index in [9.17, 15) is 9.59 Å². The Morgan fingerprint density at radius 1 is 1.38 bits per heavy atom. The van der Waals surface area contributed by atoms with E-state index in [4.69, 9.17) is 10.5 Å². The SMILES string of the molecule is CC(C)(C)OC(=O)C(N)C(=O)NC1CCC1. The summed E-state index contributed by atoms with van der Waals surface area (Å²) in [5.74, 6) is -1.12. The van der Waals surface area contributed by atoms with E-state index < -0.39 is 23.5 Å². The number of nitrogens with two attached hydrogens (primary N) is 1. The van der Waals surface area contributed by atoms with Crippen LogP contribution in [0.1, 0.15) is 40.0 Å². The van der Waals surface area contributed by atoms with Gasteiger partial charge in [0.25, 0.3) is 0 Å². The van der Waals surface area contributed by atoms with Crippen molar-refractivity contribution >= 4 is 11.9 Å². The highest BCUT2D eigenvalue weighted by Crippen LogP contribution is 2.18. The van der Waals surface area contributed by atoms with Gasteiger partial charge in [0.15, 0.2) is 6.04 Å². The third kappa shape index (κ3) is 3.81. The Balaban J connectivity index is 2.39. The van der Waals surface area contributed by atoms with Gasteiger partial charge in [0.05, 0.1) is 0 Å². The van der Waals surface area contributed by atoms with Gasteiger partial charge < -0.3 is 15.8 Å². The summed E-state index contributed by atoms with van der Waals surface area (Å²) in [6, 6.07) is -1.04. The number of amides is 1. The third-order valence-electron chi connectivity index (χ3n) is 2.39. The lowest BCUT2D eigenvalue weighted by molar-refractivity contribution is -0.158. The Morgan fingerprint density at radius 2 is 1.94 bits per heavy atom. The first-order chi connectivity index (χ1) is 7.29. The van der Waals surface area contributed by atoms with Crippen LogP contribution < -0.4 is 11.1 Å². The van der Waals surface area contributed by atoms with E-state index in [1.165, 1.54) is 0 Å². The Labute approximate surface area is 95.7 Å². The highest BCUT2D eigenvalue weighted by Gasteiger charge is 2.30. The Morgan fingerprint density at radius 3 is 2.31 bits per heavy atom. The quantitative estimate of drug-likeness (QED) is 0.538. The Kier molecular flexibility index (Phi) is 3.91. The van der Waals surface area contributed by atoms with Crippen LogP contribution in [0.5, 0.6) is 0 Å². The van der Waals surface area contributed by atoms with Crippen LogP contribution in [-0.4, -0.2) is 29.6 Å². The molecule has 5 nitrogen and oxygen atoms in total. The summed E-state index contributed by atoms with van der Waals surface area (Å²) in [7, 11) is 0. The highest BCUT2D eigenvalue weighted by atomic mass is 16.6. The van der Waals surface area contributed by atoms with Crippen molar-refractivity contribution in [2.24, 2.45) is 5.73 Å². The number of hydrogen-bond donors (Lipinski definition) is 2. The normalized spacial score (nSPS) is 18.5. The molecule has 1 aliphatic rings. The highest BCUT2D eigenvalue weighted by molar-refractivity contribution is 6.01. The van der Waals surface area contributed by atoms with Crippen LogP contribution in [-0.2, 0) is 14.3 Å². The molecule has 1 atom stereocenters. The van der Waals surface area contributed by atoms with E-state index in [2.05, 4.69) is 5.32 Å². The molecule has 1 rings (SSSR count). The summed E-state index contributed by atoms with van der Waals surface area (Å²) in [5, 5.41) is 2.72. The lowest BCUT2D eigenvalue weighted by atomic mass is 9.93. The fraction of sp³-hybridized carbons (Fsp3) is 0.818. The monoisotopic (exact) mass is 228 g/mol. The lowest BCUT2D eigenvalue weighted by Gasteiger charge is -2.28. The summed E-state index contributed by atoms with van der Waals surface area (Å²) in [6.45, 7) is 5.21. The van der Waals surface area contributed by atoms with Crippen LogP contribution in [0.25, 0.3) is 0 Å². The van der Waals surface area contributed by atoms with Crippen LogP contribution in [0.15, 0.2) is 0 Å². The minimum atomic E-state index is -1.22. The fourth-order valence-electron chi connectivity index (χ4n) is 1.32. The van der Waals surface area contributed by atoms with Crippen molar-refractivity contribution in [1.29, 1.82) is 0 Å². The minimum Gasteiger partial charge on any atom is -0.458 e. The first-order valence-electron chi connectivity index (χ1n) is 5.58. The standard InChI is InChI=1S/C11H20N2O3/c1-11(2,3)16-10(15)8(12)9(14)13-7-5-4-6-7/h7-8H,4-6,12H2,1-3H3,(H,13,14). The zero-order valence-corrected chi connectivity index (χ0v) is 10.1. The number of carbonyl (C=O) groups is 2. The van der Waals surface area contributed by atoms with Crippen molar-refractivity contribution in [2.75, 3.05) is 0 Å². The molecule has 92 valence electrons. The van der Waals surface area contributed by atoms with Crippen molar-refractivity contribution < 1.29 is 14.3 Å². The number of ether oxygens (including phenoxy) is 1. The van der Waals surface area contributed by atoms with Gasteiger partial charge in [0, 0.05) is 6.04 Å². The maximum absolute atomic E-state index is 11.5. The summed E-state index contributed by atoms with van der Waals surface area (Å²) in [5.41, 5.74) is 4.89. The van der Waals surface area contributed by atoms with Crippen LogP contribution >= 0.6 is 0 Å². The molecule has 0 heterocycles. The van der Waals surface area contributed by atoms with Crippen LogP contribution in [0.2, 0.25) is 0 Å². The van der Waals surface area contributed by atoms with E-state index in [1.54, 1.807) is 20.8 Å². The molecule has 1 unspecified atom stereocenters. The molecule has 0 bridgehead atoms. The van der Waals surface area contributed by atoms with Gasteiger partial charge in [-0.25, -0.2) is 4.79 Å². The second-order valence-corrected chi connectivity index (χ2v) is 5.15. The first kappa shape index (κ1) is 13.0. The molecule has 0 aromatic heterocycles. The van der Waals surface area contributed by atoms with E-state index in [0.717, 1.165) is 19.3 Å². The van der Waals surface area contributed by atoms with Crippen molar-refractivity contribution in [3.05, 3.63) is 0 Å². The molecular weight excluding hydrogens is 208 g/mol. The Bertz CT molecular complexity index is 279. The average molecular weight is 228 g/mol. The average Bonchev–Trinajstić information content (AvgIpc) is 2.06. The maximum Gasteiger partial charge on any atom is 0.333 e. The number of rotatable bonds is 3. The molecule has 16 heavy (non-hydrogen) atoms. The molecule has 1 fully saturated rings. The summed E-state index contributed by atoms with van der Waals surface area (Å²) in [6.07, 6.45) is 3.05. The number of esters is 1. The van der Waals surface area contributed by atoms with Gasteiger partial charge in [0.2, 0.25) is 5.91 Å². The minimum absolute atomic E-state index is 0.181. The molecule has 0 aromatic rings. The van der Waals surface area contributed by atoms with Gasteiger partial charge in [0.1, 0.15) is 5.60 Å². The molecule has 0 spiro atoms. The van der Waals surface area contributed by atoms with Gasteiger partial charge in [-0.2, -0.15) is 0 Å². The van der Waals surface area contributed by atoms with E-state index in [-0.39, 0.29) is 6.04 Å². The van der Waals surface area contributed by atoms with Gasteiger partial charge in [-0.1, -0.05) is 0 Å². The molecular formula is C11H20N2O3. The fourth-order valence-corrected chi connectivity index (χ4v) is 1.32. The van der Waals surface area contributed by atoms with E-state index in [1.807, 2.05) is 0 Å². The smallest absolute Gasteiger partial charge is 0.333 e. The van der Waals surface area contributed by atoms with Crippen molar-refractivity contribution in [2.45, 2.75) is 57.7 Å². The molecule has 3 N–H and O–H groups in total. The number of nitrogens with one attached hydrogen (secondary N) is 1. The topological polar surface area (TPSA) is 81.4 Å². The maximum atomic E-state index is 11.5. The van der Waals surface area contributed by atoms with Crippen molar-refractivity contribution in [3.63, 3.8) is 0 Å². The van der Waals surface area contributed by atoms with Gasteiger partial charge in [-0.05, 0) is 40.0 Å². The summed E-state index contributed by atoms with van der Waals surface area (Å²) < 4.78 is 5.03. The molecule has 1 saturated carbocycles. The lowest BCUT2D eigenvalue weighted by Crippen LogP contribution is -2.52. The predicted molar refractivity (Wildman–Crippen MR) is 59.6 cm³/mol. The van der Waals surface area contributed by atoms with Crippen LogP contribution in [0.4, 0.5) is 0 Å². The van der Waals surface area contributed by atoms with E-state index in [0.29, 0.717) is 0 Å². The molecule has 1 amide bonds. The Hall–Kier alpha value is -1.10. The predicted octanol–water partition coefficient (Wildman–Crippen LogP) is 0.324. The molecule has 0 aliphatic heterocycles. The van der Waals surface area contributed by atoms with Gasteiger partial charge in [-0.15, -0.1) is 0 Å². The molecule has 0 aromatic carbocycles. The van der Waals surface area contributed by atoms with Crippen molar-refractivity contribution in [3.8, 4) is 0 Å². The summed E-state index contributed by atoms with van der Waals surface area (Å²) >= 11 is 0. The summed E-state index contributed by atoms with van der Waals surface area (Å²) in [4.78, 5) is 23.0. The first-order valence-corrected chi connectivity index (χ1v) is 5.58.